The summed E-state index contributed by atoms with van der Waals surface area (Å²) >= 11 is 0. The van der Waals surface area contributed by atoms with E-state index in [0.717, 1.165) is 28.8 Å². The van der Waals surface area contributed by atoms with E-state index in [1.807, 2.05) is 68.4 Å². The lowest BCUT2D eigenvalue weighted by atomic mass is 9.91. The maximum Gasteiger partial charge on any atom is 0.416 e. The normalized spacial score (nSPS) is 19.2. The lowest BCUT2D eigenvalue weighted by Gasteiger charge is -2.53. The number of halogens is 3. The molecule has 0 aromatic heterocycles. The van der Waals surface area contributed by atoms with E-state index in [-0.39, 0.29) is 44.1 Å². The van der Waals surface area contributed by atoms with Crippen LogP contribution in [0.15, 0.2) is 72.8 Å². The predicted octanol–water partition coefficient (Wildman–Crippen LogP) is 5.41. The highest BCUT2D eigenvalue weighted by molar-refractivity contribution is 5.92. The summed E-state index contributed by atoms with van der Waals surface area (Å²) in [7, 11) is 0. The highest BCUT2D eigenvalue weighted by Crippen LogP contribution is 2.33. The molecule has 0 radical (unpaired) electrons. The monoisotopic (exact) mass is 693 g/mol. The van der Waals surface area contributed by atoms with Crippen LogP contribution < -0.4 is 10.6 Å². The van der Waals surface area contributed by atoms with E-state index < -0.39 is 54.5 Å². The number of alkyl halides is 3. The number of ether oxygens (including phenoxy) is 1. The minimum absolute atomic E-state index is 0.0347. The second kappa shape index (κ2) is 15.6. The number of hydrogen-bond donors (Lipinski definition) is 2. The molecule has 2 fully saturated rings. The van der Waals surface area contributed by atoms with Crippen LogP contribution in [-0.2, 0) is 40.1 Å². The van der Waals surface area contributed by atoms with Gasteiger partial charge in [-0.3, -0.25) is 14.5 Å². The summed E-state index contributed by atoms with van der Waals surface area (Å²) in [6.07, 6.45) is -5.41. The standard InChI is InChI=1S/C37H42F3N5O5/c1-4-14-41-35(48)42-19-31-34(47)43(20-27-8-6-5-7-9-27)22-32-44(21-29(33(46)45(31)32)17-26-12-10-24(2)11-13-26)36(49)50-23-28-15-25(3)16-30(18-28)37(38,39)40/h5-13,15-16,18,29,31-32H,4,14,17,19-23H2,1-3H3,(H2,41,42,48)/t29-,31-,32+/m0/s1. The molecule has 3 aromatic rings. The van der Waals surface area contributed by atoms with E-state index >= 15 is 0 Å². The Bertz CT molecular complexity index is 1680. The first kappa shape index (κ1) is 36.2. The molecule has 0 spiro atoms. The maximum atomic E-state index is 14.3. The number of fused-ring (bicyclic) bond motifs is 1. The summed E-state index contributed by atoms with van der Waals surface area (Å²) in [5.74, 6) is -1.50. The number of aryl methyl sites for hydroxylation is 2. The predicted molar refractivity (Wildman–Crippen MR) is 179 cm³/mol. The topological polar surface area (TPSA) is 111 Å². The minimum Gasteiger partial charge on any atom is -0.444 e. The van der Waals surface area contributed by atoms with Gasteiger partial charge in [0.1, 0.15) is 18.8 Å². The number of piperazine rings is 1. The van der Waals surface area contributed by atoms with Gasteiger partial charge in [-0.25, -0.2) is 9.59 Å². The summed E-state index contributed by atoms with van der Waals surface area (Å²) in [5.41, 5.74) is 2.39. The molecule has 5 rings (SSSR count). The van der Waals surface area contributed by atoms with E-state index in [4.69, 9.17) is 4.74 Å². The van der Waals surface area contributed by atoms with Crippen LogP contribution in [0.25, 0.3) is 0 Å². The number of carbonyl (C=O) groups excluding carboxylic acids is 4. The Morgan fingerprint density at radius 2 is 1.58 bits per heavy atom. The molecule has 13 heteroatoms. The number of benzene rings is 3. The smallest absolute Gasteiger partial charge is 0.416 e. The fourth-order valence-corrected chi connectivity index (χ4v) is 6.43. The van der Waals surface area contributed by atoms with Crippen LogP contribution in [-0.4, -0.2) is 77.0 Å². The molecule has 2 saturated heterocycles. The SMILES string of the molecule is CCCNC(=O)NC[C@H]1C(=O)N(Cc2ccccc2)C[C@@H]2N(C(=O)OCc3cc(C)cc(C(F)(F)F)c3)C[C@H](Cc3ccc(C)cc3)C(=O)N21. The van der Waals surface area contributed by atoms with Gasteiger partial charge in [-0.05, 0) is 55.5 Å². The molecule has 2 N–H and O–H groups in total. The molecule has 2 aliphatic heterocycles. The van der Waals surface area contributed by atoms with Crippen molar-refractivity contribution in [2.24, 2.45) is 5.92 Å². The highest BCUT2D eigenvalue weighted by atomic mass is 19.4. The molecule has 266 valence electrons. The molecular formula is C37H42F3N5O5. The average molecular weight is 694 g/mol. The zero-order valence-electron chi connectivity index (χ0n) is 28.3. The summed E-state index contributed by atoms with van der Waals surface area (Å²) in [5, 5.41) is 5.43. The third-order valence-electron chi connectivity index (χ3n) is 8.89. The molecule has 3 aromatic carbocycles. The summed E-state index contributed by atoms with van der Waals surface area (Å²) in [6, 6.07) is 18.7. The lowest BCUT2D eigenvalue weighted by Crippen LogP contribution is -2.74. The van der Waals surface area contributed by atoms with Gasteiger partial charge >= 0.3 is 18.3 Å². The van der Waals surface area contributed by atoms with E-state index in [1.165, 1.54) is 22.8 Å². The van der Waals surface area contributed by atoms with Crippen LogP contribution in [0.2, 0.25) is 0 Å². The Kier molecular flexibility index (Phi) is 11.3. The van der Waals surface area contributed by atoms with Gasteiger partial charge in [0.25, 0.3) is 0 Å². The van der Waals surface area contributed by atoms with Crippen molar-refractivity contribution in [3.63, 3.8) is 0 Å². The molecule has 3 atom stereocenters. The summed E-state index contributed by atoms with van der Waals surface area (Å²) in [4.78, 5) is 59.3. The Morgan fingerprint density at radius 1 is 0.860 bits per heavy atom. The van der Waals surface area contributed by atoms with Crippen molar-refractivity contribution >= 4 is 23.9 Å². The van der Waals surface area contributed by atoms with Gasteiger partial charge in [0.15, 0.2) is 0 Å². The van der Waals surface area contributed by atoms with Crippen LogP contribution in [0.4, 0.5) is 22.8 Å². The van der Waals surface area contributed by atoms with Gasteiger partial charge in [0.2, 0.25) is 11.8 Å². The van der Waals surface area contributed by atoms with Crippen LogP contribution in [0.1, 0.15) is 46.7 Å². The number of rotatable bonds is 10. The van der Waals surface area contributed by atoms with Gasteiger partial charge in [0, 0.05) is 26.2 Å². The number of amides is 5. The largest absolute Gasteiger partial charge is 0.444 e. The lowest BCUT2D eigenvalue weighted by molar-refractivity contribution is -0.172. The molecule has 0 unspecified atom stereocenters. The fraction of sp³-hybridized carbons (Fsp3) is 0.405. The first-order valence-corrected chi connectivity index (χ1v) is 16.7. The molecule has 0 saturated carbocycles. The van der Waals surface area contributed by atoms with Gasteiger partial charge in [-0.15, -0.1) is 0 Å². The quantitative estimate of drug-likeness (QED) is 0.295. The van der Waals surface area contributed by atoms with Crippen molar-refractivity contribution in [2.45, 2.75) is 65.1 Å². The fourth-order valence-electron chi connectivity index (χ4n) is 6.43. The van der Waals surface area contributed by atoms with Crippen molar-refractivity contribution in [3.8, 4) is 0 Å². The molecular weight excluding hydrogens is 651 g/mol. The van der Waals surface area contributed by atoms with Gasteiger partial charge in [-0.2, -0.15) is 13.2 Å². The van der Waals surface area contributed by atoms with E-state index in [9.17, 15) is 32.3 Å². The van der Waals surface area contributed by atoms with E-state index in [0.29, 0.717) is 18.5 Å². The Hall–Kier alpha value is -5.07. The number of carbonyl (C=O) groups is 4. The Morgan fingerprint density at radius 3 is 2.26 bits per heavy atom. The maximum absolute atomic E-state index is 14.3. The summed E-state index contributed by atoms with van der Waals surface area (Å²) < 4.78 is 46.2. The average Bonchev–Trinajstić information content (AvgIpc) is 3.08. The van der Waals surface area contributed by atoms with Gasteiger partial charge < -0.3 is 25.2 Å². The van der Waals surface area contributed by atoms with Crippen LogP contribution in [0.5, 0.6) is 0 Å². The molecule has 5 amide bonds. The van der Waals surface area contributed by atoms with E-state index in [2.05, 4.69) is 10.6 Å². The van der Waals surface area contributed by atoms with Crippen molar-refractivity contribution < 1.29 is 37.1 Å². The van der Waals surface area contributed by atoms with Crippen LogP contribution in [0.3, 0.4) is 0 Å². The zero-order chi connectivity index (χ0) is 36.0. The zero-order valence-corrected chi connectivity index (χ0v) is 28.3. The molecule has 2 aliphatic rings. The Labute approximate surface area is 289 Å². The highest BCUT2D eigenvalue weighted by Gasteiger charge is 2.52. The first-order valence-electron chi connectivity index (χ1n) is 16.7. The number of hydrogen-bond acceptors (Lipinski definition) is 5. The minimum atomic E-state index is -4.57. The second-order valence-corrected chi connectivity index (χ2v) is 12.9. The third kappa shape index (κ3) is 8.74. The number of urea groups is 1. The van der Waals surface area contributed by atoms with Crippen molar-refractivity contribution in [3.05, 3.63) is 106 Å². The van der Waals surface area contributed by atoms with Crippen molar-refractivity contribution in [1.29, 1.82) is 0 Å². The van der Waals surface area contributed by atoms with Crippen LogP contribution >= 0.6 is 0 Å². The molecule has 50 heavy (non-hydrogen) atoms. The van der Waals surface area contributed by atoms with Gasteiger partial charge in [0.05, 0.1) is 18.0 Å². The van der Waals surface area contributed by atoms with Crippen LogP contribution in [0, 0.1) is 19.8 Å². The number of nitrogens with zero attached hydrogens (tertiary/aromatic N) is 3. The number of nitrogens with one attached hydrogen (secondary N) is 2. The van der Waals surface area contributed by atoms with Gasteiger partial charge in [-0.1, -0.05) is 78.7 Å². The molecule has 2 heterocycles. The van der Waals surface area contributed by atoms with Crippen molar-refractivity contribution in [1.82, 2.24) is 25.3 Å². The van der Waals surface area contributed by atoms with E-state index in [1.54, 1.807) is 4.90 Å². The second-order valence-electron chi connectivity index (χ2n) is 12.9. The third-order valence-corrected chi connectivity index (χ3v) is 8.89. The first-order chi connectivity index (χ1) is 23.8. The summed E-state index contributed by atoms with van der Waals surface area (Å²) in [6.45, 7) is 5.27. The molecule has 10 nitrogen and oxygen atoms in total. The molecule has 0 bridgehead atoms. The Balaban J connectivity index is 1.47. The van der Waals surface area contributed by atoms with Crippen molar-refractivity contribution in [2.75, 3.05) is 26.2 Å². The molecule has 0 aliphatic carbocycles.